The molecule has 1 fully saturated rings. The number of aliphatic hydroxyl groups excluding tert-OH is 1. The first-order valence-corrected chi connectivity index (χ1v) is 10.2. The van der Waals surface area contributed by atoms with Gasteiger partial charge in [0.1, 0.15) is 5.52 Å². The van der Waals surface area contributed by atoms with Gasteiger partial charge >= 0.3 is 0 Å². The van der Waals surface area contributed by atoms with Crippen molar-refractivity contribution >= 4 is 26.9 Å². The van der Waals surface area contributed by atoms with E-state index in [0.717, 1.165) is 16.6 Å². The second kappa shape index (κ2) is 6.59. The molecule has 1 aliphatic carbocycles. The third-order valence-electron chi connectivity index (χ3n) is 5.03. The van der Waals surface area contributed by atoms with Crippen molar-refractivity contribution in [2.75, 3.05) is 12.3 Å². The molecule has 4 rings (SSSR count). The Hall–Kier alpha value is -2.49. The molecule has 1 saturated carbocycles. The summed E-state index contributed by atoms with van der Waals surface area (Å²) < 4.78 is 27.9. The molecule has 2 heterocycles. The maximum Gasteiger partial charge on any atom is 0.240 e. The Labute approximate surface area is 156 Å². The van der Waals surface area contributed by atoms with Gasteiger partial charge in [-0.2, -0.15) is 5.10 Å². The van der Waals surface area contributed by atoms with E-state index in [4.69, 9.17) is 10.8 Å². The highest BCUT2D eigenvalue weighted by Gasteiger charge is 2.32. The van der Waals surface area contributed by atoms with E-state index >= 15 is 0 Å². The highest BCUT2D eigenvalue weighted by Crippen LogP contribution is 2.30. The molecule has 9 heteroatoms. The minimum Gasteiger partial charge on any atom is -0.396 e. The van der Waals surface area contributed by atoms with Crippen molar-refractivity contribution in [2.24, 2.45) is 5.92 Å². The van der Waals surface area contributed by atoms with Gasteiger partial charge in [-0.1, -0.05) is 6.07 Å². The standard InChI is InChI=1S/C18H21N5O3S/c1-10-6-13(27(25,26)23-12-7-11(8-12)9-24)2-3-14(10)15-4-5-16-17(20-15)18(19)22-21-16/h2-6,11-12,23-24H,7-9H2,1H3,(H3,19,21,22)/t11-,12+. The van der Waals surface area contributed by atoms with Gasteiger partial charge in [-0.05, 0) is 55.5 Å². The van der Waals surface area contributed by atoms with Crippen LogP contribution in [0.5, 0.6) is 0 Å². The van der Waals surface area contributed by atoms with Crippen LogP contribution in [-0.2, 0) is 10.0 Å². The topological polar surface area (TPSA) is 134 Å². The maximum absolute atomic E-state index is 12.6. The summed E-state index contributed by atoms with van der Waals surface area (Å²) in [6.07, 6.45) is 1.34. The second-order valence-corrected chi connectivity index (χ2v) is 8.73. The number of aromatic amines is 1. The smallest absolute Gasteiger partial charge is 0.240 e. The van der Waals surface area contributed by atoms with Crippen LogP contribution in [0.25, 0.3) is 22.3 Å². The van der Waals surface area contributed by atoms with Gasteiger partial charge in [0.2, 0.25) is 10.0 Å². The Kier molecular flexibility index (Phi) is 4.37. The first-order chi connectivity index (χ1) is 12.9. The lowest BCUT2D eigenvalue weighted by Crippen LogP contribution is -2.45. The summed E-state index contributed by atoms with van der Waals surface area (Å²) in [5.41, 5.74) is 9.50. The van der Waals surface area contributed by atoms with Gasteiger partial charge in [-0.25, -0.2) is 18.1 Å². The van der Waals surface area contributed by atoms with Gasteiger partial charge < -0.3 is 10.8 Å². The highest BCUT2D eigenvalue weighted by molar-refractivity contribution is 7.89. The number of nitrogen functional groups attached to an aromatic ring is 1. The van der Waals surface area contributed by atoms with Crippen LogP contribution in [0.1, 0.15) is 18.4 Å². The van der Waals surface area contributed by atoms with Crippen molar-refractivity contribution in [1.29, 1.82) is 0 Å². The Morgan fingerprint density at radius 1 is 1.30 bits per heavy atom. The number of sulfonamides is 1. The number of pyridine rings is 1. The molecule has 0 saturated heterocycles. The summed E-state index contributed by atoms with van der Waals surface area (Å²) >= 11 is 0. The van der Waals surface area contributed by atoms with Crippen molar-refractivity contribution in [2.45, 2.75) is 30.7 Å². The van der Waals surface area contributed by atoms with E-state index in [0.29, 0.717) is 29.9 Å². The first-order valence-electron chi connectivity index (χ1n) is 8.72. The van der Waals surface area contributed by atoms with E-state index in [2.05, 4.69) is 19.9 Å². The summed E-state index contributed by atoms with van der Waals surface area (Å²) in [5, 5.41) is 15.8. The number of nitrogens with two attached hydrogens (primary N) is 1. The lowest BCUT2D eigenvalue weighted by Gasteiger charge is -2.34. The number of nitrogens with zero attached hydrogens (tertiary/aromatic N) is 2. The first kappa shape index (κ1) is 17.9. The normalized spacial score (nSPS) is 19.9. The van der Waals surface area contributed by atoms with Crippen molar-refractivity contribution in [3.05, 3.63) is 35.9 Å². The maximum atomic E-state index is 12.6. The van der Waals surface area contributed by atoms with Gasteiger partial charge in [0.25, 0.3) is 0 Å². The molecule has 8 nitrogen and oxygen atoms in total. The van der Waals surface area contributed by atoms with Gasteiger partial charge in [0, 0.05) is 18.2 Å². The average molecular weight is 387 g/mol. The van der Waals surface area contributed by atoms with E-state index < -0.39 is 10.0 Å². The van der Waals surface area contributed by atoms with E-state index in [1.54, 1.807) is 18.2 Å². The van der Waals surface area contributed by atoms with Crippen LogP contribution < -0.4 is 10.5 Å². The van der Waals surface area contributed by atoms with Crippen LogP contribution in [0, 0.1) is 12.8 Å². The Morgan fingerprint density at radius 3 is 2.78 bits per heavy atom. The van der Waals surface area contributed by atoms with Crippen molar-refractivity contribution < 1.29 is 13.5 Å². The summed E-state index contributed by atoms with van der Waals surface area (Å²) in [7, 11) is -3.59. The number of aliphatic hydroxyl groups is 1. The minimum atomic E-state index is -3.59. The third kappa shape index (κ3) is 3.29. The molecular formula is C18H21N5O3S. The van der Waals surface area contributed by atoms with Crippen LogP contribution >= 0.6 is 0 Å². The fraction of sp³-hybridized carbons (Fsp3) is 0.333. The molecule has 5 N–H and O–H groups in total. The second-order valence-electron chi connectivity index (χ2n) is 7.02. The summed E-state index contributed by atoms with van der Waals surface area (Å²) in [4.78, 5) is 4.76. The van der Waals surface area contributed by atoms with Crippen molar-refractivity contribution in [3.8, 4) is 11.3 Å². The molecular weight excluding hydrogens is 366 g/mol. The summed E-state index contributed by atoms with van der Waals surface area (Å²) in [6, 6.07) is 8.56. The number of nitrogens with one attached hydrogen (secondary N) is 2. The number of hydrogen-bond acceptors (Lipinski definition) is 6. The quantitative estimate of drug-likeness (QED) is 0.525. The number of benzene rings is 1. The van der Waals surface area contributed by atoms with E-state index in [1.807, 2.05) is 19.1 Å². The highest BCUT2D eigenvalue weighted by atomic mass is 32.2. The molecule has 1 aliphatic rings. The van der Waals surface area contributed by atoms with E-state index in [1.165, 1.54) is 0 Å². The van der Waals surface area contributed by atoms with Gasteiger partial charge in [0.15, 0.2) is 5.82 Å². The van der Waals surface area contributed by atoms with E-state index in [9.17, 15) is 8.42 Å². The van der Waals surface area contributed by atoms with Crippen LogP contribution in [-0.4, -0.2) is 41.4 Å². The Balaban J connectivity index is 1.61. The largest absolute Gasteiger partial charge is 0.396 e. The Bertz CT molecular complexity index is 1100. The van der Waals surface area contributed by atoms with Crippen molar-refractivity contribution in [3.63, 3.8) is 0 Å². The molecule has 142 valence electrons. The predicted octanol–water partition coefficient (Wildman–Crippen LogP) is 1.56. The number of fused-ring (bicyclic) bond motifs is 1. The van der Waals surface area contributed by atoms with Crippen molar-refractivity contribution in [1.82, 2.24) is 19.9 Å². The number of rotatable bonds is 5. The number of anilines is 1. The van der Waals surface area contributed by atoms with Gasteiger partial charge in [-0.15, -0.1) is 0 Å². The number of aryl methyl sites for hydroxylation is 1. The molecule has 0 spiro atoms. The lowest BCUT2D eigenvalue weighted by atomic mass is 9.82. The summed E-state index contributed by atoms with van der Waals surface area (Å²) in [5.74, 6) is 0.521. The molecule has 1 aromatic carbocycles. The zero-order valence-corrected chi connectivity index (χ0v) is 15.6. The number of aromatic nitrogens is 3. The molecule has 0 atom stereocenters. The average Bonchev–Trinajstić information content (AvgIpc) is 2.98. The zero-order chi connectivity index (χ0) is 19.2. The fourth-order valence-electron chi connectivity index (χ4n) is 3.43. The van der Waals surface area contributed by atoms with E-state index in [-0.39, 0.29) is 23.5 Å². The Morgan fingerprint density at radius 2 is 2.07 bits per heavy atom. The molecule has 0 aliphatic heterocycles. The molecule has 0 amide bonds. The zero-order valence-electron chi connectivity index (χ0n) is 14.8. The fourth-order valence-corrected chi connectivity index (χ4v) is 4.77. The minimum absolute atomic E-state index is 0.102. The lowest BCUT2D eigenvalue weighted by molar-refractivity contribution is 0.137. The molecule has 3 aromatic rings. The van der Waals surface area contributed by atoms with Crippen LogP contribution in [0.15, 0.2) is 35.2 Å². The molecule has 2 aromatic heterocycles. The van der Waals surface area contributed by atoms with Crippen LogP contribution in [0.2, 0.25) is 0 Å². The summed E-state index contributed by atoms with van der Waals surface area (Å²) in [6.45, 7) is 1.95. The number of H-pyrrole nitrogens is 1. The molecule has 27 heavy (non-hydrogen) atoms. The van der Waals surface area contributed by atoms with Crippen LogP contribution in [0.4, 0.5) is 5.82 Å². The monoisotopic (exact) mass is 387 g/mol. The SMILES string of the molecule is Cc1cc(S(=O)(=O)N[C@H]2C[C@@H](CO)C2)ccc1-c1ccc2[nH]nc(N)c2n1. The predicted molar refractivity (Wildman–Crippen MR) is 102 cm³/mol. The third-order valence-corrected chi connectivity index (χ3v) is 6.55. The molecule has 0 unspecified atom stereocenters. The molecule has 0 radical (unpaired) electrons. The number of hydrogen-bond donors (Lipinski definition) is 4. The van der Waals surface area contributed by atoms with Crippen LogP contribution in [0.3, 0.4) is 0 Å². The molecule has 0 bridgehead atoms. The van der Waals surface area contributed by atoms with Gasteiger partial charge in [0.05, 0.1) is 16.1 Å². The van der Waals surface area contributed by atoms with Gasteiger partial charge in [-0.3, -0.25) is 5.10 Å².